The second-order valence-corrected chi connectivity index (χ2v) is 5.00. The van der Waals surface area contributed by atoms with Crippen LogP contribution in [0.2, 0.25) is 0 Å². The first-order chi connectivity index (χ1) is 10.1. The van der Waals surface area contributed by atoms with E-state index < -0.39 is 0 Å². The highest BCUT2D eigenvalue weighted by molar-refractivity contribution is 5.86. The van der Waals surface area contributed by atoms with Crippen molar-refractivity contribution in [1.29, 1.82) is 0 Å². The predicted octanol–water partition coefficient (Wildman–Crippen LogP) is 3.75. The summed E-state index contributed by atoms with van der Waals surface area (Å²) in [4.78, 5) is 6.19. The molecule has 1 unspecified atom stereocenters. The minimum atomic E-state index is -0.243. The maximum absolute atomic E-state index is 13.9. The molecule has 1 atom stereocenters. The van der Waals surface area contributed by atoms with Crippen molar-refractivity contribution < 1.29 is 8.81 Å². The molecule has 1 aromatic heterocycles. The van der Waals surface area contributed by atoms with Gasteiger partial charge in [-0.25, -0.2) is 4.39 Å². The number of oxazole rings is 1. The third kappa shape index (κ3) is 2.31. The number of benzene rings is 2. The van der Waals surface area contributed by atoms with Gasteiger partial charge < -0.3 is 15.1 Å². The summed E-state index contributed by atoms with van der Waals surface area (Å²) < 4.78 is 19.6. The number of para-hydroxylation sites is 1. The molecule has 0 aliphatic rings. The van der Waals surface area contributed by atoms with Crippen LogP contribution in [0, 0.1) is 5.82 Å². The molecule has 2 N–H and O–H groups in total. The summed E-state index contributed by atoms with van der Waals surface area (Å²) in [6.07, 6.45) is 0. The van der Waals surface area contributed by atoms with Crippen LogP contribution in [0.5, 0.6) is 0 Å². The molecular formula is C16H16FN3O. The standard InChI is InChI=1S/C16H16FN3O/c1-10(11-6-3-4-7-12(11)17)20(2)16-19-15-13(18)8-5-9-14(15)21-16/h3-10H,18H2,1-2H3. The molecule has 1 heterocycles. The number of halogens is 1. The number of hydrogen-bond acceptors (Lipinski definition) is 4. The van der Waals surface area contributed by atoms with Gasteiger partial charge in [-0.3, -0.25) is 0 Å². The minimum Gasteiger partial charge on any atom is -0.423 e. The van der Waals surface area contributed by atoms with Crippen LogP contribution in [0.1, 0.15) is 18.5 Å². The number of nitrogen functional groups attached to an aromatic ring is 1. The molecule has 5 heteroatoms. The second-order valence-electron chi connectivity index (χ2n) is 5.00. The summed E-state index contributed by atoms with van der Waals surface area (Å²) in [6, 6.07) is 12.3. The van der Waals surface area contributed by atoms with E-state index in [1.165, 1.54) is 6.07 Å². The van der Waals surface area contributed by atoms with Gasteiger partial charge in [0.25, 0.3) is 6.01 Å². The molecular weight excluding hydrogens is 269 g/mol. The van der Waals surface area contributed by atoms with Crippen molar-refractivity contribution in [2.45, 2.75) is 13.0 Å². The van der Waals surface area contributed by atoms with E-state index >= 15 is 0 Å². The van der Waals surface area contributed by atoms with Crippen LogP contribution in [0.25, 0.3) is 11.1 Å². The van der Waals surface area contributed by atoms with Gasteiger partial charge in [0.15, 0.2) is 5.58 Å². The first-order valence-electron chi connectivity index (χ1n) is 6.70. The van der Waals surface area contributed by atoms with Gasteiger partial charge in [-0.05, 0) is 25.1 Å². The molecule has 0 saturated carbocycles. The van der Waals surface area contributed by atoms with Crippen LogP contribution in [-0.4, -0.2) is 12.0 Å². The van der Waals surface area contributed by atoms with Gasteiger partial charge >= 0.3 is 0 Å². The lowest BCUT2D eigenvalue weighted by Gasteiger charge is -2.23. The predicted molar refractivity (Wildman–Crippen MR) is 81.6 cm³/mol. The Balaban J connectivity index is 1.98. The lowest BCUT2D eigenvalue weighted by Crippen LogP contribution is -2.22. The van der Waals surface area contributed by atoms with Gasteiger partial charge in [-0.1, -0.05) is 24.3 Å². The Kier molecular flexibility index (Phi) is 3.25. The van der Waals surface area contributed by atoms with Gasteiger partial charge in [0.2, 0.25) is 0 Å². The molecule has 3 aromatic rings. The minimum absolute atomic E-state index is 0.208. The maximum Gasteiger partial charge on any atom is 0.298 e. The molecule has 0 aliphatic heterocycles. The molecule has 21 heavy (non-hydrogen) atoms. The summed E-state index contributed by atoms with van der Waals surface area (Å²) in [5.41, 5.74) is 8.28. The van der Waals surface area contributed by atoms with E-state index in [0.717, 1.165) is 0 Å². The molecule has 108 valence electrons. The van der Waals surface area contributed by atoms with E-state index in [4.69, 9.17) is 10.2 Å². The van der Waals surface area contributed by atoms with Crippen LogP contribution in [0.15, 0.2) is 46.9 Å². The third-order valence-electron chi connectivity index (χ3n) is 3.68. The maximum atomic E-state index is 13.9. The molecule has 0 fully saturated rings. The second kappa shape index (κ2) is 5.09. The lowest BCUT2D eigenvalue weighted by molar-refractivity contribution is 0.538. The summed E-state index contributed by atoms with van der Waals surface area (Å²) in [5.74, 6) is -0.243. The topological polar surface area (TPSA) is 55.3 Å². The number of fused-ring (bicyclic) bond motifs is 1. The summed E-state index contributed by atoms with van der Waals surface area (Å²) in [7, 11) is 1.82. The quantitative estimate of drug-likeness (QED) is 0.745. The number of hydrogen-bond donors (Lipinski definition) is 1. The van der Waals surface area contributed by atoms with Crippen molar-refractivity contribution in [2.75, 3.05) is 17.7 Å². The SMILES string of the molecule is CC(c1ccccc1F)N(C)c1nc2c(N)cccc2o1. The van der Waals surface area contributed by atoms with Crippen LogP contribution >= 0.6 is 0 Å². The fourth-order valence-electron chi connectivity index (χ4n) is 2.30. The zero-order chi connectivity index (χ0) is 15.0. The first kappa shape index (κ1) is 13.4. The average Bonchev–Trinajstić information content (AvgIpc) is 2.92. The number of aromatic nitrogens is 1. The summed E-state index contributed by atoms with van der Waals surface area (Å²) >= 11 is 0. The Morgan fingerprint density at radius 2 is 1.95 bits per heavy atom. The Morgan fingerprint density at radius 1 is 1.19 bits per heavy atom. The van der Waals surface area contributed by atoms with Crippen LogP contribution in [0.3, 0.4) is 0 Å². The van der Waals surface area contributed by atoms with Crippen LogP contribution in [0.4, 0.5) is 16.1 Å². The highest BCUT2D eigenvalue weighted by Crippen LogP contribution is 2.30. The molecule has 2 aromatic carbocycles. The Labute approximate surface area is 122 Å². The molecule has 4 nitrogen and oxygen atoms in total. The summed E-state index contributed by atoms with van der Waals surface area (Å²) in [6.45, 7) is 1.90. The van der Waals surface area contributed by atoms with Gasteiger partial charge in [-0.15, -0.1) is 0 Å². The average molecular weight is 285 g/mol. The summed E-state index contributed by atoms with van der Waals surface area (Å²) in [5, 5.41) is 0. The van der Waals surface area contributed by atoms with E-state index in [2.05, 4.69) is 4.98 Å². The van der Waals surface area contributed by atoms with Crippen LogP contribution < -0.4 is 10.6 Å². The number of rotatable bonds is 3. The zero-order valence-corrected chi connectivity index (χ0v) is 11.9. The normalized spacial score (nSPS) is 12.5. The molecule has 0 spiro atoms. The van der Waals surface area contributed by atoms with E-state index in [-0.39, 0.29) is 11.9 Å². The fraction of sp³-hybridized carbons (Fsp3) is 0.188. The van der Waals surface area contributed by atoms with Crippen molar-refractivity contribution in [2.24, 2.45) is 0 Å². The van der Waals surface area contributed by atoms with Crippen molar-refractivity contribution in [3.05, 3.63) is 53.8 Å². The van der Waals surface area contributed by atoms with Crippen molar-refractivity contribution in [3.8, 4) is 0 Å². The van der Waals surface area contributed by atoms with Crippen molar-refractivity contribution in [3.63, 3.8) is 0 Å². The monoisotopic (exact) mass is 285 g/mol. The smallest absolute Gasteiger partial charge is 0.298 e. The molecule has 0 radical (unpaired) electrons. The molecule has 0 bridgehead atoms. The highest BCUT2D eigenvalue weighted by Gasteiger charge is 2.20. The number of anilines is 2. The Bertz CT molecular complexity index is 784. The largest absolute Gasteiger partial charge is 0.423 e. The van der Waals surface area contributed by atoms with Crippen molar-refractivity contribution in [1.82, 2.24) is 4.98 Å². The van der Waals surface area contributed by atoms with E-state index in [0.29, 0.717) is 28.4 Å². The zero-order valence-electron chi connectivity index (χ0n) is 11.9. The number of nitrogens with zero attached hydrogens (tertiary/aromatic N) is 2. The van der Waals surface area contributed by atoms with Gasteiger partial charge in [0, 0.05) is 12.6 Å². The molecule has 0 amide bonds. The third-order valence-corrected chi connectivity index (χ3v) is 3.68. The van der Waals surface area contributed by atoms with Gasteiger partial charge in [0.1, 0.15) is 11.3 Å². The Hall–Kier alpha value is -2.56. The van der Waals surface area contributed by atoms with Crippen molar-refractivity contribution >= 4 is 22.8 Å². The molecule has 3 rings (SSSR count). The highest BCUT2D eigenvalue weighted by atomic mass is 19.1. The fourth-order valence-corrected chi connectivity index (χ4v) is 2.30. The lowest BCUT2D eigenvalue weighted by atomic mass is 10.1. The first-order valence-corrected chi connectivity index (χ1v) is 6.70. The van der Waals surface area contributed by atoms with E-state index in [1.807, 2.05) is 32.2 Å². The van der Waals surface area contributed by atoms with Gasteiger partial charge in [0.05, 0.1) is 11.7 Å². The Morgan fingerprint density at radius 3 is 2.67 bits per heavy atom. The van der Waals surface area contributed by atoms with Crippen LogP contribution in [-0.2, 0) is 0 Å². The number of nitrogens with two attached hydrogens (primary N) is 1. The molecule has 0 saturated heterocycles. The van der Waals surface area contributed by atoms with E-state index in [1.54, 1.807) is 23.1 Å². The molecule has 0 aliphatic carbocycles. The van der Waals surface area contributed by atoms with E-state index in [9.17, 15) is 4.39 Å². The van der Waals surface area contributed by atoms with Gasteiger partial charge in [-0.2, -0.15) is 4.98 Å².